The normalized spacial score (nSPS) is 11.1. The molecule has 29 heavy (non-hydrogen) atoms. The first-order valence-electron chi connectivity index (χ1n) is 9.58. The fraction of sp³-hybridized carbons (Fsp3) is 0.174. The lowest BCUT2D eigenvalue weighted by atomic mass is 10.0. The number of imidazole rings is 1. The van der Waals surface area contributed by atoms with Crippen molar-refractivity contribution in [2.24, 2.45) is 0 Å². The van der Waals surface area contributed by atoms with Gasteiger partial charge in [-0.05, 0) is 23.8 Å². The van der Waals surface area contributed by atoms with Crippen molar-refractivity contribution in [1.82, 2.24) is 24.8 Å². The van der Waals surface area contributed by atoms with E-state index in [0.717, 1.165) is 35.6 Å². The Morgan fingerprint density at radius 1 is 0.862 bits per heavy atom. The molecule has 0 saturated carbocycles. The summed E-state index contributed by atoms with van der Waals surface area (Å²) in [6, 6.07) is 18.2. The number of aromatic amines is 1. The second-order valence-electron chi connectivity index (χ2n) is 6.83. The first kappa shape index (κ1) is 19.3. The van der Waals surface area contributed by atoms with Crippen molar-refractivity contribution >= 4 is 11.6 Å². The molecule has 0 bridgehead atoms. The Kier molecular flexibility index (Phi) is 6.29. The van der Waals surface area contributed by atoms with Crippen molar-refractivity contribution in [1.29, 1.82) is 0 Å². The van der Waals surface area contributed by atoms with Gasteiger partial charge in [0.1, 0.15) is 0 Å². The summed E-state index contributed by atoms with van der Waals surface area (Å²) in [5.74, 6) is 0. The van der Waals surface area contributed by atoms with E-state index in [2.05, 4.69) is 55.2 Å². The number of nitrogens with one attached hydrogen (secondary N) is 1. The number of benzene rings is 1. The Labute approximate surface area is 175 Å². The zero-order chi connectivity index (χ0) is 19.9. The SMILES string of the molecule is Clc1cccnc1CN(CCc1cnc[nH]1)Cc1ncccc1-c1ccccc1. The third-order valence-electron chi connectivity index (χ3n) is 4.81. The van der Waals surface area contributed by atoms with Crippen molar-refractivity contribution in [2.45, 2.75) is 19.5 Å². The van der Waals surface area contributed by atoms with Crippen molar-refractivity contribution in [3.63, 3.8) is 0 Å². The monoisotopic (exact) mass is 403 g/mol. The average molecular weight is 404 g/mol. The molecule has 5 nitrogen and oxygen atoms in total. The lowest BCUT2D eigenvalue weighted by Gasteiger charge is -2.23. The summed E-state index contributed by atoms with van der Waals surface area (Å²) in [5.41, 5.74) is 5.32. The zero-order valence-electron chi connectivity index (χ0n) is 16.0. The third kappa shape index (κ3) is 5.08. The summed E-state index contributed by atoms with van der Waals surface area (Å²) in [7, 11) is 0. The van der Waals surface area contributed by atoms with Crippen molar-refractivity contribution in [3.8, 4) is 11.1 Å². The van der Waals surface area contributed by atoms with Crippen LogP contribution < -0.4 is 0 Å². The molecule has 6 heteroatoms. The summed E-state index contributed by atoms with van der Waals surface area (Å²) in [5, 5.41) is 0.684. The summed E-state index contributed by atoms with van der Waals surface area (Å²) in [6.45, 7) is 2.19. The van der Waals surface area contributed by atoms with Gasteiger partial charge in [-0.2, -0.15) is 0 Å². The van der Waals surface area contributed by atoms with Crippen molar-refractivity contribution < 1.29 is 0 Å². The minimum Gasteiger partial charge on any atom is -0.348 e. The Balaban J connectivity index is 1.59. The molecule has 4 rings (SSSR count). The Morgan fingerprint density at radius 2 is 1.62 bits per heavy atom. The van der Waals surface area contributed by atoms with E-state index >= 15 is 0 Å². The van der Waals surface area contributed by atoms with Crippen LogP contribution in [-0.2, 0) is 19.5 Å². The predicted molar refractivity (Wildman–Crippen MR) is 115 cm³/mol. The summed E-state index contributed by atoms with van der Waals surface area (Å²) in [6.07, 6.45) is 8.06. The summed E-state index contributed by atoms with van der Waals surface area (Å²) in [4.78, 5) is 18.8. The van der Waals surface area contributed by atoms with E-state index in [9.17, 15) is 0 Å². The minimum atomic E-state index is 0.651. The average Bonchev–Trinajstić information content (AvgIpc) is 3.28. The van der Waals surface area contributed by atoms with Gasteiger partial charge in [0.05, 0.1) is 22.7 Å². The highest BCUT2D eigenvalue weighted by molar-refractivity contribution is 6.31. The van der Waals surface area contributed by atoms with Crippen molar-refractivity contribution in [3.05, 3.63) is 102 Å². The lowest BCUT2D eigenvalue weighted by molar-refractivity contribution is 0.253. The first-order valence-corrected chi connectivity index (χ1v) is 9.96. The highest BCUT2D eigenvalue weighted by atomic mass is 35.5. The van der Waals surface area contributed by atoms with Gasteiger partial charge in [0.15, 0.2) is 0 Å². The van der Waals surface area contributed by atoms with E-state index in [1.807, 2.05) is 36.7 Å². The van der Waals surface area contributed by atoms with Gasteiger partial charge in [0.25, 0.3) is 0 Å². The Hall–Kier alpha value is -3.02. The van der Waals surface area contributed by atoms with Gasteiger partial charge in [0.2, 0.25) is 0 Å². The van der Waals surface area contributed by atoms with Crippen LogP contribution in [0.15, 0.2) is 79.5 Å². The maximum atomic E-state index is 6.38. The molecule has 0 aliphatic carbocycles. The highest BCUT2D eigenvalue weighted by Crippen LogP contribution is 2.24. The van der Waals surface area contributed by atoms with Crippen LogP contribution in [0.1, 0.15) is 17.1 Å². The number of nitrogens with zero attached hydrogens (tertiary/aromatic N) is 4. The predicted octanol–water partition coefficient (Wildman–Crippen LogP) is 4.77. The van der Waals surface area contributed by atoms with Crippen molar-refractivity contribution in [2.75, 3.05) is 6.54 Å². The zero-order valence-corrected chi connectivity index (χ0v) is 16.8. The van der Waals surface area contributed by atoms with Crippen LogP contribution >= 0.6 is 11.6 Å². The molecule has 0 fully saturated rings. The van der Waals surface area contributed by atoms with Gasteiger partial charge >= 0.3 is 0 Å². The van der Waals surface area contributed by atoms with Gasteiger partial charge < -0.3 is 4.98 Å². The van der Waals surface area contributed by atoms with Gasteiger partial charge in [-0.3, -0.25) is 14.9 Å². The van der Waals surface area contributed by atoms with Gasteiger partial charge in [0, 0.05) is 55.9 Å². The second-order valence-corrected chi connectivity index (χ2v) is 7.24. The lowest BCUT2D eigenvalue weighted by Crippen LogP contribution is -2.27. The number of halogens is 1. The summed E-state index contributed by atoms with van der Waals surface area (Å²) >= 11 is 6.38. The molecular weight excluding hydrogens is 382 g/mol. The molecule has 4 aromatic rings. The fourth-order valence-electron chi connectivity index (χ4n) is 3.32. The van der Waals surface area contributed by atoms with Crippen LogP contribution in [-0.4, -0.2) is 31.4 Å². The Morgan fingerprint density at radius 3 is 2.38 bits per heavy atom. The summed E-state index contributed by atoms with van der Waals surface area (Å²) < 4.78 is 0. The first-order chi connectivity index (χ1) is 14.3. The Bertz CT molecular complexity index is 1030. The molecule has 3 aromatic heterocycles. The smallest absolute Gasteiger partial charge is 0.0921 e. The highest BCUT2D eigenvalue weighted by Gasteiger charge is 2.14. The molecule has 0 aliphatic heterocycles. The number of aromatic nitrogens is 4. The molecule has 1 aromatic carbocycles. The van der Waals surface area contributed by atoms with E-state index in [4.69, 9.17) is 11.6 Å². The van der Waals surface area contributed by atoms with Gasteiger partial charge in [-0.15, -0.1) is 0 Å². The third-order valence-corrected chi connectivity index (χ3v) is 5.15. The standard InChI is InChI=1S/C23H22ClN5/c24-21-9-5-12-27-23(21)16-29(13-10-19-14-25-17-28-19)15-22-20(8-4-11-26-22)18-6-2-1-3-7-18/h1-9,11-12,14,17H,10,13,15-16H2,(H,25,28). The van der Waals surface area contributed by atoms with Crippen LogP contribution in [0, 0.1) is 0 Å². The molecule has 3 heterocycles. The van der Waals surface area contributed by atoms with E-state index in [1.165, 1.54) is 5.56 Å². The fourth-order valence-corrected chi connectivity index (χ4v) is 3.50. The van der Waals surface area contributed by atoms with E-state index in [1.54, 1.807) is 12.5 Å². The van der Waals surface area contributed by atoms with Crippen LogP contribution in [0.5, 0.6) is 0 Å². The largest absolute Gasteiger partial charge is 0.348 e. The number of H-pyrrole nitrogens is 1. The van der Waals surface area contributed by atoms with E-state index < -0.39 is 0 Å². The topological polar surface area (TPSA) is 57.7 Å². The number of rotatable bonds is 8. The van der Waals surface area contributed by atoms with Crippen LogP contribution in [0.2, 0.25) is 5.02 Å². The maximum absolute atomic E-state index is 6.38. The number of hydrogen-bond donors (Lipinski definition) is 1. The van der Waals surface area contributed by atoms with Gasteiger partial charge in [-0.1, -0.05) is 48.0 Å². The molecule has 0 aliphatic rings. The molecule has 146 valence electrons. The van der Waals surface area contributed by atoms with Crippen LogP contribution in [0.3, 0.4) is 0 Å². The number of hydrogen-bond acceptors (Lipinski definition) is 4. The van der Waals surface area contributed by atoms with Gasteiger partial charge in [-0.25, -0.2) is 4.98 Å². The number of pyridine rings is 2. The molecular formula is C23H22ClN5. The van der Waals surface area contributed by atoms with E-state index in [-0.39, 0.29) is 0 Å². The van der Waals surface area contributed by atoms with E-state index in [0.29, 0.717) is 18.1 Å². The molecule has 0 radical (unpaired) electrons. The molecule has 0 saturated heterocycles. The molecule has 0 amide bonds. The maximum Gasteiger partial charge on any atom is 0.0921 e. The molecule has 0 atom stereocenters. The quantitative estimate of drug-likeness (QED) is 0.460. The van der Waals surface area contributed by atoms with Crippen LogP contribution in [0.4, 0.5) is 0 Å². The van der Waals surface area contributed by atoms with Crippen LogP contribution in [0.25, 0.3) is 11.1 Å². The minimum absolute atomic E-state index is 0.651. The second kappa shape index (κ2) is 9.45. The molecule has 1 N–H and O–H groups in total. The molecule has 0 spiro atoms. The molecule has 0 unspecified atom stereocenters.